The number of nitrogens with one attached hydrogen (secondary N) is 2. The van der Waals surface area contributed by atoms with Gasteiger partial charge in [-0.3, -0.25) is 9.59 Å². The smallest absolute Gasteiger partial charge is 0.313 e. The van der Waals surface area contributed by atoms with Crippen LogP contribution >= 0.6 is 11.6 Å². The van der Waals surface area contributed by atoms with E-state index in [1.807, 2.05) is 0 Å². The van der Waals surface area contributed by atoms with Crippen molar-refractivity contribution in [2.75, 3.05) is 11.9 Å². The lowest BCUT2D eigenvalue weighted by molar-refractivity contribution is -0.136. The van der Waals surface area contributed by atoms with Gasteiger partial charge in [-0.2, -0.15) is 0 Å². The van der Waals surface area contributed by atoms with E-state index in [2.05, 4.69) is 10.6 Å². The highest BCUT2D eigenvalue weighted by Crippen LogP contribution is 2.24. The van der Waals surface area contributed by atoms with Crippen LogP contribution in [0.25, 0.3) is 0 Å². The first-order valence-corrected chi connectivity index (χ1v) is 7.00. The maximum atomic E-state index is 13.1. The zero-order chi connectivity index (χ0) is 16.9. The monoisotopic (exact) mass is 334 g/mol. The van der Waals surface area contributed by atoms with Crippen molar-refractivity contribution in [3.05, 3.63) is 28.8 Å². The summed E-state index contributed by atoms with van der Waals surface area (Å²) in [6.45, 7) is 3.62. The van der Waals surface area contributed by atoms with Gasteiger partial charge in [-0.1, -0.05) is 18.5 Å². The topological polar surface area (TPSA) is 78.4 Å². The second kappa shape index (κ2) is 8.05. The highest BCUT2D eigenvalue weighted by molar-refractivity contribution is 6.41. The quantitative estimate of drug-likeness (QED) is 0.570. The molecule has 22 heavy (non-hydrogen) atoms. The Morgan fingerprint density at radius 2 is 1.82 bits per heavy atom. The molecule has 0 aliphatic carbocycles. The van der Waals surface area contributed by atoms with Gasteiger partial charge in [0.25, 0.3) is 0 Å². The molecule has 1 aromatic carbocycles. The molecular formula is C14H17ClF2N2O3. The number of benzene rings is 1. The second-order valence-electron chi connectivity index (χ2n) is 5.10. The molecule has 0 saturated heterocycles. The maximum Gasteiger partial charge on any atom is 0.313 e. The van der Waals surface area contributed by atoms with Crippen LogP contribution in [0.3, 0.4) is 0 Å². The molecule has 2 atom stereocenters. The third-order valence-corrected chi connectivity index (χ3v) is 3.13. The van der Waals surface area contributed by atoms with E-state index in [4.69, 9.17) is 11.6 Å². The SMILES string of the molecule is CC(O)CC(C)CNC(=O)C(=O)Nc1cc(F)c(F)cc1Cl. The van der Waals surface area contributed by atoms with Gasteiger partial charge in [0.2, 0.25) is 0 Å². The van der Waals surface area contributed by atoms with Gasteiger partial charge in [0.1, 0.15) is 0 Å². The van der Waals surface area contributed by atoms with Crippen molar-refractivity contribution in [2.24, 2.45) is 5.92 Å². The number of hydrogen-bond acceptors (Lipinski definition) is 3. The Morgan fingerprint density at radius 1 is 1.23 bits per heavy atom. The van der Waals surface area contributed by atoms with Crippen molar-refractivity contribution in [2.45, 2.75) is 26.4 Å². The van der Waals surface area contributed by atoms with Crippen LogP contribution in [0.1, 0.15) is 20.3 Å². The zero-order valence-electron chi connectivity index (χ0n) is 12.1. The predicted molar refractivity (Wildman–Crippen MR) is 78.5 cm³/mol. The molecule has 0 radical (unpaired) electrons. The molecule has 0 aromatic heterocycles. The van der Waals surface area contributed by atoms with Crippen molar-refractivity contribution in [3.8, 4) is 0 Å². The van der Waals surface area contributed by atoms with Crippen LogP contribution in [-0.2, 0) is 9.59 Å². The fourth-order valence-electron chi connectivity index (χ4n) is 1.81. The molecule has 2 unspecified atom stereocenters. The van der Waals surface area contributed by atoms with Crippen molar-refractivity contribution in [1.82, 2.24) is 5.32 Å². The molecule has 0 fully saturated rings. The predicted octanol–water partition coefficient (Wildman–Crippen LogP) is 2.08. The minimum Gasteiger partial charge on any atom is -0.393 e. The van der Waals surface area contributed by atoms with Crippen molar-refractivity contribution >= 4 is 29.1 Å². The molecule has 1 rings (SSSR count). The average molecular weight is 335 g/mol. The molecule has 2 amide bonds. The van der Waals surface area contributed by atoms with Gasteiger partial charge >= 0.3 is 11.8 Å². The van der Waals surface area contributed by atoms with Gasteiger partial charge in [0.15, 0.2) is 11.6 Å². The number of aliphatic hydroxyl groups is 1. The lowest BCUT2D eigenvalue weighted by Gasteiger charge is -2.14. The Bertz CT molecular complexity index is 567. The van der Waals surface area contributed by atoms with Crippen LogP contribution < -0.4 is 10.6 Å². The van der Waals surface area contributed by atoms with Gasteiger partial charge in [0, 0.05) is 12.6 Å². The molecule has 3 N–H and O–H groups in total. The molecule has 1 aromatic rings. The Morgan fingerprint density at radius 3 is 2.41 bits per heavy atom. The molecule has 0 saturated carbocycles. The summed E-state index contributed by atoms with van der Waals surface area (Å²) in [5.41, 5.74) is -0.197. The standard InChI is InChI=1S/C14H17ClF2N2O3/c1-7(3-8(2)20)6-18-13(21)14(22)19-12-5-11(17)10(16)4-9(12)15/h4-5,7-8,20H,3,6H2,1-2H3,(H,18,21)(H,19,22). The summed E-state index contributed by atoms with van der Waals surface area (Å²) in [7, 11) is 0. The van der Waals surface area contributed by atoms with Gasteiger partial charge in [-0.25, -0.2) is 8.78 Å². The number of carbonyl (C=O) groups is 2. The van der Waals surface area contributed by atoms with Gasteiger partial charge in [-0.15, -0.1) is 0 Å². The molecule has 0 bridgehead atoms. The summed E-state index contributed by atoms with van der Waals surface area (Å²) in [5.74, 6) is -4.34. The van der Waals surface area contributed by atoms with E-state index in [9.17, 15) is 23.5 Å². The van der Waals surface area contributed by atoms with Crippen LogP contribution in [0.2, 0.25) is 5.02 Å². The Hall–Kier alpha value is -1.73. The summed E-state index contributed by atoms with van der Waals surface area (Å²) >= 11 is 5.65. The van der Waals surface area contributed by atoms with Crippen LogP contribution in [0.15, 0.2) is 12.1 Å². The fraction of sp³-hybridized carbons (Fsp3) is 0.429. The first kappa shape index (κ1) is 18.3. The third-order valence-electron chi connectivity index (χ3n) is 2.82. The molecular weight excluding hydrogens is 318 g/mol. The van der Waals surface area contributed by atoms with E-state index < -0.39 is 29.6 Å². The van der Waals surface area contributed by atoms with E-state index in [0.29, 0.717) is 18.6 Å². The number of amides is 2. The first-order valence-electron chi connectivity index (χ1n) is 6.62. The highest BCUT2D eigenvalue weighted by Gasteiger charge is 2.17. The second-order valence-corrected chi connectivity index (χ2v) is 5.51. The van der Waals surface area contributed by atoms with Gasteiger partial charge in [0.05, 0.1) is 16.8 Å². The third kappa shape index (κ3) is 5.57. The highest BCUT2D eigenvalue weighted by atomic mass is 35.5. The van der Waals surface area contributed by atoms with Crippen LogP contribution in [0.5, 0.6) is 0 Å². The van der Waals surface area contributed by atoms with Crippen molar-refractivity contribution in [1.29, 1.82) is 0 Å². The number of halogens is 3. The van der Waals surface area contributed by atoms with Crippen molar-refractivity contribution < 1.29 is 23.5 Å². The maximum absolute atomic E-state index is 13.1. The summed E-state index contributed by atoms with van der Waals surface area (Å²) in [4.78, 5) is 23.3. The molecule has 5 nitrogen and oxygen atoms in total. The lowest BCUT2D eigenvalue weighted by atomic mass is 10.0. The van der Waals surface area contributed by atoms with E-state index in [1.165, 1.54) is 0 Å². The molecule has 0 heterocycles. The van der Waals surface area contributed by atoms with E-state index in [1.54, 1.807) is 13.8 Å². The van der Waals surface area contributed by atoms with Gasteiger partial charge in [-0.05, 0) is 25.3 Å². The van der Waals surface area contributed by atoms with E-state index in [-0.39, 0.29) is 23.2 Å². The normalized spacial score (nSPS) is 13.4. The summed E-state index contributed by atoms with van der Waals surface area (Å²) in [5, 5.41) is 13.5. The van der Waals surface area contributed by atoms with Gasteiger partial charge < -0.3 is 15.7 Å². The van der Waals surface area contributed by atoms with E-state index >= 15 is 0 Å². The molecule has 8 heteroatoms. The van der Waals surface area contributed by atoms with Crippen LogP contribution in [0, 0.1) is 17.6 Å². The van der Waals surface area contributed by atoms with Crippen LogP contribution in [-0.4, -0.2) is 29.6 Å². The summed E-state index contributed by atoms with van der Waals surface area (Å²) in [6, 6.07) is 1.40. The van der Waals surface area contributed by atoms with E-state index in [0.717, 1.165) is 0 Å². The lowest BCUT2D eigenvalue weighted by Crippen LogP contribution is -2.38. The first-order chi connectivity index (χ1) is 10.2. The minimum absolute atomic E-state index is 0.0244. The number of anilines is 1. The zero-order valence-corrected chi connectivity index (χ0v) is 12.9. The number of carbonyl (C=O) groups excluding carboxylic acids is 2. The average Bonchev–Trinajstić information content (AvgIpc) is 2.41. The Balaban J connectivity index is 2.58. The minimum atomic E-state index is -1.19. The Labute approximate surface area is 131 Å². The molecule has 0 aliphatic heterocycles. The van der Waals surface area contributed by atoms with Crippen LogP contribution in [0.4, 0.5) is 14.5 Å². The molecule has 0 aliphatic rings. The number of aliphatic hydroxyl groups excluding tert-OH is 1. The summed E-state index contributed by atoms with van der Waals surface area (Å²) < 4.78 is 26.0. The summed E-state index contributed by atoms with van der Waals surface area (Å²) in [6.07, 6.45) is -0.0431. The molecule has 122 valence electrons. The number of hydrogen-bond donors (Lipinski definition) is 3. The largest absolute Gasteiger partial charge is 0.393 e. The number of rotatable bonds is 5. The fourth-order valence-corrected chi connectivity index (χ4v) is 2.01. The van der Waals surface area contributed by atoms with Crippen molar-refractivity contribution in [3.63, 3.8) is 0 Å². The Kier molecular flexibility index (Phi) is 6.70. The molecule has 0 spiro atoms.